The molecule has 4 aliphatic rings. The van der Waals surface area contributed by atoms with Crippen molar-refractivity contribution in [1.82, 2.24) is 9.62 Å². The SMILES string of the molecule is CC(/C=C(\ON)C(C)C)C(=O)NC1CC2CC3(S(=O)(=O)N4CCC(N)CC4)CC(C1)C23. The lowest BCUT2D eigenvalue weighted by Crippen LogP contribution is -2.75. The predicted molar refractivity (Wildman–Crippen MR) is 119 cm³/mol. The number of sulfonamides is 1. The second-order valence-electron chi connectivity index (χ2n) is 10.6. The van der Waals surface area contributed by atoms with Gasteiger partial charge in [-0.2, -0.15) is 5.90 Å². The van der Waals surface area contributed by atoms with Gasteiger partial charge in [0.1, 0.15) is 5.76 Å². The van der Waals surface area contributed by atoms with Crippen molar-refractivity contribution in [1.29, 1.82) is 0 Å². The molecule has 0 spiro atoms. The van der Waals surface area contributed by atoms with Crippen LogP contribution in [0.3, 0.4) is 0 Å². The van der Waals surface area contributed by atoms with Gasteiger partial charge >= 0.3 is 0 Å². The third-order valence-corrected chi connectivity index (χ3v) is 10.9. The molecule has 0 radical (unpaired) electrons. The summed E-state index contributed by atoms with van der Waals surface area (Å²) in [6.07, 6.45) is 6.49. The third kappa shape index (κ3) is 3.81. The maximum atomic E-state index is 13.4. The van der Waals surface area contributed by atoms with Gasteiger partial charge in [0.05, 0.1) is 10.7 Å². The Bertz CT molecular complexity index is 818. The van der Waals surface area contributed by atoms with Crippen LogP contribution in [0.4, 0.5) is 0 Å². The molecule has 0 bridgehead atoms. The van der Waals surface area contributed by atoms with Crippen molar-refractivity contribution in [2.24, 2.45) is 41.2 Å². The topological polar surface area (TPSA) is 128 Å². The highest BCUT2D eigenvalue weighted by Gasteiger charge is 2.73. The van der Waals surface area contributed by atoms with E-state index in [1.807, 2.05) is 20.8 Å². The molecule has 1 amide bonds. The van der Waals surface area contributed by atoms with Crippen LogP contribution in [0, 0.1) is 29.6 Å². The molecule has 4 rings (SSSR count). The summed E-state index contributed by atoms with van der Waals surface area (Å²) < 4.78 is 28.0. The molecule has 5 N–H and O–H groups in total. The van der Waals surface area contributed by atoms with Crippen molar-refractivity contribution in [3.8, 4) is 0 Å². The smallest absolute Gasteiger partial charge is 0.226 e. The molecule has 8 nitrogen and oxygen atoms in total. The van der Waals surface area contributed by atoms with Crippen LogP contribution in [0.1, 0.15) is 59.3 Å². The van der Waals surface area contributed by atoms with Gasteiger partial charge in [-0.3, -0.25) is 4.79 Å². The average Bonchev–Trinajstić information content (AvgIpc) is 2.67. The number of piperidine rings is 1. The van der Waals surface area contributed by atoms with Crippen LogP contribution < -0.4 is 16.9 Å². The maximum absolute atomic E-state index is 13.4. The summed E-state index contributed by atoms with van der Waals surface area (Å²) in [5, 5.41) is 3.19. The zero-order valence-electron chi connectivity index (χ0n) is 18.9. The number of allylic oxidation sites excluding steroid dienone is 1. The van der Waals surface area contributed by atoms with Crippen LogP contribution in [0.15, 0.2) is 11.8 Å². The minimum absolute atomic E-state index is 0.0270. The van der Waals surface area contributed by atoms with E-state index in [1.165, 1.54) is 0 Å². The average molecular weight is 455 g/mol. The lowest BCUT2D eigenvalue weighted by Gasteiger charge is -2.70. The Morgan fingerprint density at radius 3 is 2.26 bits per heavy atom. The summed E-state index contributed by atoms with van der Waals surface area (Å²) in [5.41, 5.74) is 5.96. The first-order valence-electron chi connectivity index (χ1n) is 11.7. The number of hydrogen-bond donors (Lipinski definition) is 3. The number of nitrogens with one attached hydrogen (secondary N) is 1. The fraction of sp³-hybridized carbons (Fsp3) is 0.864. The van der Waals surface area contributed by atoms with E-state index in [2.05, 4.69) is 5.32 Å². The zero-order chi connectivity index (χ0) is 22.6. The molecule has 0 aromatic heterocycles. The van der Waals surface area contributed by atoms with Gasteiger partial charge < -0.3 is 15.9 Å². The lowest BCUT2D eigenvalue weighted by atomic mass is 9.42. The number of nitrogens with zero attached hydrogens (tertiary/aromatic N) is 1. The van der Waals surface area contributed by atoms with E-state index in [0.717, 1.165) is 38.5 Å². The van der Waals surface area contributed by atoms with Crippen molar-refractivity contribution in [3.05, 3.63) is 11.8 Å². The predicted octanol–water partition coefficient (Wildman–Crippen LogP) is 1.48. The summed E-state index contributed by atoms with van der Waals surface area (Å²) in [6, 6.07) is 0.237. The molecule has 1 aliphatic heterocycles. The van der Waals surface area contributed by atoms with Gasteiger partial charge in [-0.1, -0.05) is 13.8 Å². The molecule has 0 aromatic rings. The highest BCUT2D eigenvalue weighted by molar-refractivity contribution is 7.90. The van der Waals surface area contributed by atoms with Crippen LogP contribution in [-0.4, -0.2) is 48.6 Å². The third-order valence-electron chi connectivity index (χ3n) is 8.24. The van der Waals surface area contributed by atoms with E-state index in [0.29, 0.717) is 30.7 Å². The first-order chi connectivity index (χ1) is 14.6. The summed E-state index contributed by atoms with van der Waals surface area (Å²) in [4.78, 5) is 17.6. The second kappa shape index (κ2) is 8.32. The van der Waals surface area contributed by atoms with E-state index >= 15 is 0 Å². The minimum Gasteiger partial charge on any atom is -0.416 e. The van der Waals surface area contributed by atoms with Gasteiger partial charge in [-0.15, -0.1) is 0 Å². The van der Waals surface area contributed by atoms with Gasteiger partial charge in [0.25, 0.3) is 0 Å². The zero-order valence-corrected chi connectivity index (χ0v) is 19.7. The van der Waals surface area contributed by atoms with Crippen LogP contribution in [0.25, 0.3) is 0 Å². The summed E-state index contributed by atoms with van der Waals surface area (Å²) in [6.45, 7) is 6.90. The molecular formula is C22H38N4O4S. The lowest BCUT2D eigenvalue weighted by molar-refractivity contribution is -0.130. The van der Waals surface area contributed by atoms with Crippen molar-refractivity contribution in [2.75, 3.05) is 13.1 Å². The van der Waals surface area contributed by atoms with Crippen LogP contribution in [-0.2, 0) is 19.7 Å². The standard InChI is InChI=1S/C22H38N4O4S/c1-13(2)19(30-24)8-14(3)21(27)25-18-9-15-11-22(12-16(10-18)20(15)22)31(28,29)26-6-4-17(23)5-7-26/h8,13-18,20H,4-7,9-12,23-24H2,1-3H3,(H,25,27)/b19-8-. The van der Waals surface area contributed by atoms with Gasteiger partial charge in [-0.05, 0) is 69.3 Å². The Hall–Kier alpha value is -1.16. The Kier molecular flexibility index (Phi) is 6.17. The number of hydrogen-bond acceptors (Lipinski definition) is 6. The highest BCUT2D eigenvalue weighted by Crippen LogP contribution is 2.69. The van der Waals surface area contributed by atoms with E-state index in [1.54, 1.807) is 10.4 Å². The monoisotopic (exact) mass is 454 g/mol. The first kappa shape index (κ1) is 23.0. The molecule has 176 valence electrons. The number of carbonyl (C=O) groups is 1. The van der Waals surface area contributed by atoms with Crippen LogP contribution >= 0.6 is 0 Å². The normalized spacial score (nSPS) is 37.4. The fourth-order valence-corrected chi connectivity index (χ4v) is 9.39. The fourth-order valence-electron chi connectivity index (χ4n) is 6.60. The molecule has 4 fully saturated rings. The molecule has 3 unspecified atom stereocenters. The number of nitrogens with two attached hydrogens (primary N) is 2. The second-order valence-corrected chi connectivity index (χ2v) is 12.8. The molecule has 0 aromatic carbocycles. The quantitative estimate of drug-likeness (QED) is 0.395. The molecule has 9 heteroatoms. The molecule has 3 saturated carbocycles. The van der Waals surface area contributed by atoms with Crippen LogP contribution in [0.5, 0.6) is 0 Å². The maximum Gasteiger partial charge on any atom is 0.226 e. The molecule has 3 atom stereocenters. The number of amides is 1. The largest absolute Gasteiger partial charge is 0.416 e. The number of carbonyl (C=O) groups excluding carboxylic acids is 1. The number of rotatable bonds is 7. The van der Waals surface area contributed by atoms with Crippen molar-refractivity contribution >= 4 is 15.9 Å². The Balaban J connectivity index is 1.35. The van der Waals surface area contributed by atoms with Crippen molar-refractivity contribution < 1.29 is 18.0 Å². The van der Waals surface area contributed by atoms with Gasteiger partial charge in [0.2, 0.25) is 15.9 Å². The molecular weight excluding hydrogens is 416 g/mol. The van der Waals surface area contributed by atoms with Gasteiger partial charge in [-0.25, -0.2) is 12.7 Å². The van der Waals surface area contributed by atoms with E-state index in [-0.39, 0.29) is 35.7 Å². The Morgan fingerprint density at radius 2 is 1.74 bits per heavy atom. The Labute approximate surface area is 186 Å². The Morgan fingerprint density at radius 1 is 1.16 bits per heavy atom. The van der Waals surface area contributed by atoms with Gasteiger partial charge in [0.15, 0.2) is 0 Å². The van der Waals surface area contributed by atoms with E-state index in [9.17, 15) is 13.2 Å². The first-order valence-corrected chi connectivity index (χ1v) is 13.2. The molecule has 1 heterocycles. The van der Waals surface area contributed by atoms with E-state index < -0.39 is 14.8 Å². The van der Waals surface area contributed by atoms with Crippen molar-refractivity contribution in [3.63, 3.8) is 0 Å². The summed E-state index contributed by atoms with van der Waals surface area (Å²) in [7, 11) is -3.27. The summed E-state index contributed by atoms with van der Waals surface area (Å²) in [5.74, 6) is 6.74. The van der Waals surface area contributed by atoms with Crippen LogP contribution in [0.2, 0.25) is 0 Å². The molecule has 1 saturated heterocycles. The highest BCUT2D eigenvalue weighted by atomic mass is 32.2. The van der Waals surface area contributed by atoms with Crippen molar-refractivity contribution in [2.45, 2.75) is 76.1 Å². The van der Waals surface area contributed by atoms with E-state index in [4.69, 9.17) is 16.5 Å². The molecule has 31 heavy (non-hydrogen) atoms. The van der Waals surface area contributed by atoms with Gasteiger partial charge in [0, 0.05) is 31.1 Å². The summed E-state index contributed by atoms with van der Waals surface area (Å²) >= 11 is 0. The minimum atomic E-state index is -3.27. The molecule has 3 aliphatic carbocycles.